The van der Waals surface area contributed by atoms with Gasteiger partial charge in [0.2, 0.25) is 5.95 Å². The Morgan fingerprint density at radius 3 is 2.49 bits per heavy atom. The molecular formula is C26H26ClF4N7O. The second-order valence-electron chi connectivity index (χ2n) is 11.2. The van der Waals surface area contributed by atoms with Crippen molar-refractivity contribution in [2.24, 2.45) is 11.3 Å². The lowest BCUT2D eigenvalue weighted by atomic mass is 9.73. The highest BCUT2D eigenvalue weighted by Crippen LogP contribution is 2.47. The first-order valence-electron chi connectivity index (χ1n) is 12.9. The molecule has 8 nitrogen and oxygen atoms in total. The molecule has 2 saturated heterocycles. The van der Waals surface area contributed by atoms with Crippen molar-refractivity contribution in [3.63, 3.8) is 0 Å². The summed E-state index contributed by atoms with van der Waals surface area (Å²) >= 11 is 6.33. The number of benzene rings is 1. The fraction of sp³-hybridized carbons (Fsp3) is 0.500. The van der Waals surface area contributed by atoms with Crippen molar-refractivity contribution in [1.82, 2.24) is 24.6 Å². The van der Waals surface area contributed by atoms with Gasteiger partial charge >= 0.3 is 6.18 Å². The van der Waals surface area contributed by atoms with E-state index in [9.17, 15) is 17.6 Å². The molecule has 0 unspecified atom stereocenters. The van der Waals surface area contributed by atoms with E-state index in [-0.39, 0.29) is 24.3 Å². The van der Waals surface area contributed by atoms with E-state index in [2.05, 4.69) is 29.9 Å². The van der Waals surface area contributed by atoms with Gasteiger partial charge in [-0.1, -0.05) is 11.6 Å². The van der Waals surface area contributed by atoms with Crippen LogP contribution in [0.2, 0.25) is 5.02 Å². The Morgan fingerprint density at radius 2 is 1.77 bits per heavy atom. The second kappa shape index (κ2) is 8.69. The Hall–Kier alpha value is -3.12. The average Bonchev–Trinajstić information content (AvgIpc) is 3.11. The number of hydrogen-bond donors (Lipinski definition) is 0. The molecule has 1 aromatic carbocycles. The van der Waals surface area contributed by atoms with Crippen molar-refractivity contribution in [1.29, 1.82) is 0 Å². The maximum atomic E-state index is 13.6. The van der Waals surface area contributed by atoms with Crippen LogP contribution in [0.25, 0.3) is 5.69 Å². The molecule has 1 aliphatic carbocycles. The maximum Gasteiger partial charge on any atom is 0.391 e. The molecule has 3 aliphatic heterocycles. The first-order chi connectivity index (χ1) is 18.6. The number of rotatable bonds is 4. The average molecular weight is 564 g/mol. The lowest BCUT2D eigenvalue weighted by molar-refractivity contribution is -0.207. The van der Waals surface area contributed by atoms with Crippen molar-refractivity contribution in [3.8, 4) is 11.4 Å². The van der Waals surface area contributed by atoms with Crippen molar-refractivity contribution in [2.45, 2.75) is 38.1 Å². The zero-order valence-electron chi connectivity index (χ0n) is 21.1. The third-order valence-corrected chi connectivity index (χ3v) is 8.75. The Kier molecular flexibility index (Phi) is 5.55. The number of fused-ring (bicyclic) bond motifs is 3. The van der Waals surface area contributed by atoms with Crippen LogP contribution in [0.4, 0.5) is 29.3 Å². The van der Waals surface area contributed by atoms with Crippen LogP contribution >= 0.6 is 11.6 Å². The molecule has 13 heteroatoms. The van der Waals surface area contributed by atoms with Crippen LogP contribution in [0.1, 0.15) is 24.2 Å². The van der Waals surface area contributed by atoms with E-state index in [1.165, 1.54) is 19.4 Å². The first-order valence-corrected chi connectivity index (χ1v) is 13.2. The number of anilines is 2. The molecule has 5 heterocycles. The van der Waals surface area contributed by atoms with Crippen LogP contribution in [0, 0.1) is 17.2 Å². The minimum atomic E-state index is -4.15. The molecule has 3 fully saturated rings. The number of pyridine rings is 1. The summed E-state index contributed by atoms with van der Waals surface area (Å²) in [4.78, 5) is 10.6. The van der Waals surface area contributed by atoms with Gasteiger partial charge in [0, 0.05) is 55.3 Å². The summed E-state index contributed by atoms with van der Waals surface area (Å²) in [5.41, 5.74) is 1.91. The molecule has 0 radical (unpaired) electrons. The van der Waals surface area contributed by atoms with Gasteiger partial charge in [0.25, 0.3) is 0 Å². The number of aromatic nitrogens is 4. The van der Waals surface area contributed by atoms with Crippen LogP contribution in [-0.4, -0.2) is 70.2 Å². The Bertz CT molecular complexity index is 1430. The van der Waals surface area contributed by atoms with Gasteiger partial charge in [0.05, 0.1) is 31.5 Å². The van der Waals surface area contributed by atoms with E-state index in [0.29, 0.717) is 35.5 Å². The van der Waals surface area contributed by atoms with E-state index in [1.54, 1.807) is 0 Å². The topological polar surface area (TPSA) is 62.6 Å². The van der Waals surface area contributed by atoms with Crippen molar-refractivity contribution in [2.75, 3.05) is 43.1 Å². The van der Waals surface area contributed by atoms with Crippen LogP contribution < -0.4 is 14.5 Å². The smallest absolute Gasteiger partial charge is 0.391 e. The van der Waals surface area contributed by atoms with Gasteiger partial charge in [-0.3, -0.25) is 9.47 Å². The summed E-state index contributed by atoms with van der Waals surface area (Å²) in [5.74, 6) is 0.788. The Morgan fingerprint density at radius 1 is 1.03 bits per heavy atom. The highest BCUT2D eigenvalue weighted by molar-refractivity contribution is 6.30. The molecule has 2 aromatic heterocycles. The minimum absolute atomic E-state index is 0.0611. The summed E-state index contributed by atoms with van der Waals surface area (Å²) in [5, 5.41) is 9.59. The lowest BCUT2D eigenvalue weighted by Gasteiger charge is -2.60. The fourth-order valence-electron chi connectivity index (χ4n) is 6.45. The van der Waals surface area contributed by atoms with Crippen LogP contribution in [-0.2, 0) is 13.1 Å². The number of ether oxygens (including phenoxy) is 1. The molecule has 206 valence electrons. The SMILES string of the molecule is COc1cc(F)cnc1N1CC2(C1)CN(c1nnc3n1-c1ccc(Cl)cc1CN(C1CC(C(F)(F)F)C1)C3)C2. The van der Waals surface area contributed by atoms with Crippen LogP contribution in [0.3, 0.4) is 0 Å². The van der Waals surface area contributed by atoms with Crippen LogP contribution in [0.5, 0.6) is 5.75 Å². The van der Waals surface area contributed by atoms with Gasteiger partial charge in [-0.25, -0.2) is 9.37 Å². The molecule has 0 amide bonds. The van der Waals surface area contributed by atoms with Gasteiger partial charge < -0.3 is 14.5 Å². The van der Waals surface area contributed by atoms with Crippen molar-refractivity contribution in [3.05, 3.63) is 52.7 Å². The number of nitrogens with zero attached hydrogens (tertiary/aromatic N) is 7. The van der Waals surface area contributed by atoms with Gasteiger partial charge in [-0.15, -0.1) is 10.2 Å². The molecule has 0 bridgehead atoms. The van der Waals surface area contributed by atoms with Crippen molar-refractivity contribution >= 4 is 23.4 Å². The first kappa shape index (κ1) is 24.9. The number of methoxy groups -OCH3 is 1. The number of hydrogen-bond acceptors (Lipinski definition) is 7. The normalized spacial score (nSPS) is 23.8. The predicted molar refractivity (Wildman–Crippen MR) is 136 cm³/mol. The zero-order valence-corrected chi connectivity index (χ0v) is 21.9. The van der Waals surface area contributed by atoms with E-state index >= 15 is 0 Å². The van der Waals surface area contributed by atoms with E-state index < -0.39 is 17.9 Å². The minimum Gasteiger partial charge on any atom is -0.493 e. The largest absolute Gasteiger partial charge is 0.493 e. The van der Waals surface area contributed by atoms with Gasteiger partial charge in [-0.2, -0.15) is 13.2 Å². The molecular weight excluding hydrogens is 538 g/mol. The summed E-state index contributed by atoms with van der Waals surface area (Å²) in [6.45, 7) is 3.99. The van der Waals surface area contributed by atoms with Crippen molar-refractivity contribution < 1.29 is 22.3 Å². The lowest BCUT2D eigenvalue weighted by Crippen LogP contribution is -2.73. The summed E-state index contributed by atoms with van der Waals surface area (Å²) < 4.78 is 60.4. The standard InChI is InChI=1S/C26H26ClF4N7O/c1-39-21-7-18(28)8-32-23(21)36-11-25(12-36)13-37(14-25)24-34-33-22-10-35(19-5-16(6-19)26(29,30)31)9-15-4-17(27)2-3-20(15)38(22)24/h2-4,7-8,16,19H,5-6,9-14H2,1H3. The highest BCUT2D eigenvalue weighted by Gasteiger charge is 2.54. The maximum absolute atomic E-state index is 13.6. The second-order valence-corrected chi connectivity index (χ2v) is 11.6. The number of halogens is 5. The molecule has 1 saturated carbocycles. The summed E-state index contributed by atoms with van der Waals surface area (Å²) in [6, 6.07) is 6.81. The quantitative estimate of drug-likeness (QED) is 0.435. The van der Waals surface area contributed by atoms with Gasteiger partial charge in [-0.05, 0) is 36.6 Å². The highest BCUT2D eigenvalue weighted by atomic mass is 35.5. The number of alkyl halides is 3. The fourth-order valence-corrected chi connectivity index (χ4v) is 6.64. The molecule has 7 rings (SSSR count). The molecule has 3 aromatic rings. The summed E-state index contributed by atoms with van der Waals surface area (Å²) in [7, 11) is 1.50. The summed E-state index contributed by atoms with van der Waals surface area (Å²) in [6.07, 6.45) is -2.76. The predicted octanol–water partition coefficient (Wildman–Crippen LogP) is 4.45. The molecule has 0 N–H and O–H groups in total. The van der Waals surface area contributed by atoms with E-state index in [4.69, 9.17) is 16.3 Å². The third kappa shape index (κ3) is 4.10. The molecule has 4 aliphatic rings. The molecule has 39 heavy (non-hydrogen) atoms. The third-order valence-electron chi connectivity index (χ3n) is 8.51. The Balaban J connectivity index is 1.10. The van der Waals surface area contributed by atoms with Crippen LogP contribution in [0.15, 0.2) is 30.5 Å². The van der Waals surface area contributed by atoms with Gasteiger partial charge in [0.15, 0.2) is 17.4 Å². The molecule has 0 atom stereocenters. The monoisotopic (exact) mass is 563 g/mol. The zero-order chi connectivity index (χ0) is 27.1. The molecule has 1 spiro atoms. The van der Waals surface area contributed by atoms with E-state index in [1.807, 2.05) is 22.8 Å². The van der Waals surface area contributed by atoms with E-state index in [0.717, 1.165) is 43.4 Å². The van der Waals surface area contributed by atoms with Gasteiger partial charge in [0.1, 0.15) is 5.82 Å². The Labute approximate surface area is 227 Å².